The van der Waals surface area contributed by atoms with Crippen LogP contribution in [0.2, 0.25) is 0 Å². The molecule has 0 spiro atoms. The summed E-state index contributed by atoms with van der Waals surface area (Å²) < 4.78 is 11.5. The number of likely N-dealkylation sites (N-methyl/N-ethyl adjacent to an activating group) is 1. The molecule has 0 aromatic heterocycles. The van der Waals surface area contributed by atoms with E-state index in [1.54, 1.807) is 0 Å². The van der Waals surface area contributed by atoms with Gasteiger partial charge in [0, 0.05) is 50.4 Å². The standard InChI is InChI=1S/C26H35N3O3/c1-19-6-9-22(10-7-19)28(3)23-5-4-14-29(18-23)26(30)27-21-8-11-25(20(2)17-21)32-24-12-15-31-16-13-24/h6-11,17,23-24H,4-5,12-16,18H2,1-3H3,(H,27,30). The lowest BCUT2D eigenvalue weighted by Crippen LogP contribution is -2.50. The van der Waals surface area contributed by atoms with Crippen LogP contribution in [0.5, 0.6) is 5.75 Å². The summed E-state index contributed by atoms with van der Waals surface area (Å²) in [5.41, 5.74) is 4.29. The number of amides is 2. The fourth-order valence-corrected chi connectivity index (χ4v) is 4.48. The molecule has 0 aliphatic carbocycles. The number of carbonyl (C=O) groups excluding carboxylic acids is 1. The Morgan fingerprint density at radius 3 is 2.56 bits per heavy atom. The van der Waals surface area contributed by atoms with E-state index in [4.69, 9.17) is 9.47 Å². The number of benzene rings is 2. The summed E-state index contributed by atoms with van der Waals surface area (Å²) in [5, 5.41) is 3.08. The van der Waals surface area contributed by atoms with Gasteiger partial charge in [-0.15, -0.1) is 0 Å². The number of carbonyl (C=O) groups is 1. The molecule has 0 bridgehead atoms. The van der Waals surface area contributed by atoms with Crippen LogP contribution in [0.3, 0.4) is 0 Å². The van der Waals surface area contributed by atoms with Crippen LogP contribution in [0.1, 0.15) is 36.8 Å². The molecule has 0 saturated carbocycles. The summed E-state index contributed by atoms with van der Waals surface area (Å²) in [6.07, 6.45) is 4.14. The average molecular weight is 438 g/mol. The molecular weight excluding hydrogens is 402 g/mol. The minimum absolute atomic E-state index is 0.0375. The summed E-state index contributed by atoms with van der Waals surface area (Å²) in [7, 11) is 2.12. The Labute approximate surface area is 191 Å². The van der Waals surface area contributed by atoms with Crippen molar-refractivity contribution in [2.75, 3.05) is 43.6 Å². The fraction of sp³-hybridized carbons (Fsp3) is 0.500. The van der Waals surface area contributed by atoms with Crippen LogP contribution in [-0.4, -0.2) is 56.4 Å². The molecule has 2 aromatic rings. The van der Waals surface area contributed by atoms with Crippen molar-refractivity contribution in [2.24, 2.45) is 0 Å². The van der Waals surface area contributed by atoms with Gasteiger partial charge in [0.2, 0.25) is 0 Å². The van der Waals surface area contributed by atoms with E-state index < -0.39 is 0 Å². The van der Waals surface area contributed by atoms with Gasteiger partial charge < -0.3 is 24.6 Å². The quantitative estimate of drug-likeness (QED) is 0.716. The van der Waals surface area contributed by atoms with Gasteiger partial charge in [-0.2, -0.15) is 0 Å². The van der Waals surface area contributed by atoms with Crippen LogP contribution in [-0.2, 0) is 4.74 Å². The predicted octanol–water partition coefficient (Wildman–Crippen LogP) is 4.99. The van der Waals surface area contributed by atoms with Gasteiger partial charge in [0.15, 0.2) is 0 Å². The van der Waals surface area contributed by atoms with E-state index >= 15 is 0 Å². The summed E-state index contributed by atoms with van der Waals surface area (Å²) in [6, 6.07) is 14.7. The van der Waals surface area contributed by atoms with E-state index in [2.05, 4.69) is 48.5 Å². The minimum atomic E-state index is -0.0375. The Morgan fingerprint density at radius 2 is 1.84 bits per heavy atom. The number of urea groups is 1. The number of hydrogen-bond donors (Lipinski definition) is 1. The molecule has 2 amide bonds. The second-order valence-electron chi connectivity index (χ2n) is 9.03. The van der Waals surface area contributed by atoms with Crippen LogP contribution in [0.15, 0.2) is 42.5 Å². The Bertz CT molecular complexity index is 909. The third-order valence-electron chi connectivity index (χ3n) is 6.56. The molecule has 2 aliphatic rings. The molecule has 2 heterocycles. The highest BCUT2D eigenvalue weighted by molar-refractivity contribution is 5.89. The molecule has 0 radical (unpaired) electrons. The number of piperidine rings is 1. The van der Waals surface area contributed by atoms with E-state index in [9.17, 15) is 4.79 Å². The number of anilines is 2. The zero-order valence-corrected chi connectivity index (χ0v) is 19.5. The normalized spacial score (nSPS) is 19.5. The van der Waals surface area contributed by atoms with Gasteiger partial charge >= 0.3 is 6.03 Å². The second kappa shape index (κ2) is 10.3. The number of likely N-dealkylation sites (tertiary alicyclic amines) is 1. The summed E-state index contributed by atoms with van der Waals surface area (Å²) in [4.78, 5) is 17.2. The van der Waals surface area contributed by atoms with Crippen molar-refractivity contribution < 1.29 is 14.3 Å². The predicted molar refractivity (Wildman–Crippen MR) is 129 cm³/mol. The molecule has 2 saturated heterocycles. The van der Waals surface area contributed by atoms with E-state index in [1.165, 1.54) is 11.3 Å². The number of hydrogen-bond acceptors (Lipinski definition) is 4. The van der Waals surface area contributed by atoms with Crippen molar-refractivity contribution in [3.8, 4) is 5.75 Å². The lowest BCUT2D eigenvalue weighted by atomic mass is 10.0. The third-order valence-corrected chi connectivity index (χ3v) is 6.56. The van der Waals surface area contributed by atoms with Crippen molar-refractivity contribution in [2.45, 2.75) is 51.7 Å². The Kier molecular flexibility index (Phi) is 7.20. The number of aryl methyl sites for hydroxylation is 2. The number of ether oxygens (including phenoxy) is 2. The Morgan fingerprint density at radius 1 is 1.09 bits per heavy atom. The maximum Gasteiger partial charge on any atom is 0.321 e. The highest BCUT2D eigenvalue weighted by atomic mass is 16.5. The van der Waals surface area contributed by atoms with Gasteiger partial charge in [0.1, 0.15) is 11.9 Å². The van der Waals surface area contributed by atoms with E-state index in [-0.39, 0.29) is 12.1 Å². The van der Waals surface area contributed by atoms with Crippen LogP contribution in [0.4, 0.5) is 16.2 Å². The van der Waals surface area contributed by atoms with E-state index in [0.717, 1.165) is 69.0 Å². The average Bonchev–Trinajstić information content (AvgIpc) is 2.81. The molecule has 1 N–H and O–H groups in total. The lowest BCUT2D eigenvalue weighted by Gasteiger charge is -2.38. The SMILES string of the molecule is Cc1ccc(N(C)C2CCCN(C(=O)Nc3ccc(OC4CCOCC4)c(C)c3)C2)cc1. The summed E-state index contributed by atoms with van der Waals surface area (Å²) in [6.45, 7) is 7.15. The van der Waals surface area contributed by atoms with Crippen molar-refractivity contribution in [3.05, 3.63) is 53.6 Å². The van der Waals surface area contributed by atoms with E-state index in [0.29, 0.717) is 6.04 Å². The van der Waals surface area contributed by atoms with Gasteiger partial charge in [-0.25, -0.2) is 4.79 Å². The van der Waals surface area contributed by atoms with Gasteiger partial charge in [-0.3, -0.25) is 0 Å². The minimum Gasteiger partial charge on any atom is -0.490 e. The summed E-state index contributed by atoms with van der Waals surface area (Å²) in [5.74, 6) is 0.882. The topological polar surface area (TPSA) is 54.0 Å². The molecule has 32 heavy (non-hydrogen) atoms. The van der Waals surface area contributed by atoms with Crippen molar-refractivity contribution in [1.82, 2.24) is 4.90 Å². The van der Waals surface area contributed by atoms with Gasteiger partial charge in [0.05, 0.1) is 13.2 Å². The van der Waals surface area contributed by atoms with Crippen molar-refractivity contribution >= 4 is 17.4 Å². The molecule has 2 aromatic carbocycles. The number of rotatable bonds is 5. The zero-order chi connectivity index (χ0) is 22.5. The molecule has 1 unspecified atom stereocenters. The van der Waals surface area contributed by atoms with Crippen molar-refractivity contribution in [3.63, 3.8) is 0 Å². The van der Waals surface area contributed by atoms with Crippen molar-refractivity contribution in [1.29, 1.82) is 0 Å². The second-order valence-corrected chi connectivity index (χ2v) is 9.03. The zero-order valence-electron chi connectivity index (χ0n) is 19.5. The highest BCUT2D eigenvalue weighted by Crippen LogP contribution is 2.26. The van der Waals surface area contributed by atoms with Crippen LogP contribution in [0, 0.1) is 13.8 Å². The third kappa shape index (κ3) is 5.54. The Hall–Kier alpha value is -2.73. The lowest BCUT2D eigenvalue weighted by molar-refractivity contribution is 0.0253. The summed E-state index contributed by atoms with van der Waals surface area (Å²) >= 11 is 0. The fourth-order valence-electron chi connectivity index (χ4n) is 4.48. The first kappa shape index (κ1) is 22.5. The van der Waals surface area contributed by atoms with Gasteiger partial charge in [0.25, 0.3) is 0 Å². The van der Waals surface area contributed by atoms with Gasteiger partial charge in [-0.1, -0.05) is 17.7 Å². The van der Waals surface area contributed by atoms with E-state index in [1.807, 2.05) is 30.0 Å². The molecule has 1 atom stereocenters. The molecule has 2 fully saturated rings. The van der Waals surface area contributed by atoms with Crippen LogP contribution >= 0.6 is 0 Å². The molecule has 172 valence electrons. The smallest absolute Gasteiger partial charge is 0.321 e. The first-order valence-electron chi connectivity index (χ1n) is 11.7. The number of nitrogens with one attached hydrogen (secondary N) is 1. The Balaban J connectivity index is 1.34. The van der Waals surface area contributed by atoms with Crippen LogP contribution in [0.25, 0.3) is 0 Å². The monoisotopic (exact) mass is 437 g/mol. The first-order valence-corrected chi connectivity index (χ1v) is 11.7. The van der Waals surface area contributed by atoms with Gasteiger partial charge in [-0.05, 0) is 62.6 Å². The highest BCUT2D eigenvalue weighted by Gasteiger charge is 2.26. The number of nitrogens with zero attached hydrogens (tertiary/aromatic N) is 2. The first-order chi connectivity index (χ1) is 15.5. The molecule has 2 aliphatic heterocycles. The molecule has 4 rings (SSSR count). The molecule has 6 heteroatoms. The molecular formula is C26H35N3O3. The largest absolute Gasteiger partial charge is 0.490 e. The maximum atomic E-state index is 13.0. The van der Waals surface area contributed by atoms with Crippen LogP contribution < -0.4 is 15.0 Å². The molecule has 6 nitrogen and oxygen atoms in total. The maximum absolute atomic E-state index is 13.0.